The Morgan fingerprint density at radius 1 is 1.23 bits per heavy atom. The fourth-order valence-corrected chi connectivity index (χ4v) is 5.75. The molecule has 0 N–H and O–H groups in total. The predicted molar refractivity (Wildman–Crippen MR) is 118 cm³/mol. The molecule has 1 aliphatic carbocycles. The molecule has 0 saturated heterocycles. The SMILES string of the molecule is Cc1nc(C)c(-c2cc3c(c(C(C)N(C)S(C)(=O)=O)n2)C(=O)N([C@@H](C)C2CC2)C3)s1. The van der Waals surface area contributed by atoms with Gasteiger partial charge in [0.1, 0.15) is 0 Å². The zero-order valence-corrected chi connectivity index (χ0v) is 19.9. The van der Waals surface area contributed by atoms with E-state index in [9.17, 15) is 13.2 Å². The Labute approximate surface area is 182 Å². The quantitative estimate of drug-likeness (QED) is 0.675. The van der Waals surface area contributed by atoms with Crippen molar-refractivity contribution in [1.82, 2.24) is 19.2 Å². The van der Waals surface area contributed by atoms with Crippen LogP contribution in [0.5, 0.6) is 0 Å². The van der Waals surface area contributed by atoms with Gasteiger partial charge in [0.15, 0.2) is 0 Å². The minimum atomic E-state index is -3.44. The van der Waals surface area contributed by atoms with Gasteiger partial charge in [-0.1, -0.05) is 0 Å². The maximum absolute atomic E-state index is 13.4. The van der Waals surface area contributed by atoms with Crippen molar-refractivity contribution in [1.29, 1.82) is 0 Å². The lowest BCUT2D eigenvalue weighted by Gasteiger charge is -2.25. The zero-order chi connectivity index (χ0) is 22.0. The summed E-state index contributed by atoms with van der Waals surface area (Å²) in [5.41, 5.74) is 3.66. The number of pyridine rings is 1. The smallest absolute Gasteiger partial charge is 0.256 e. The van der Waals surface area contributed by atoms with E-state index in [4.69, 9.17) is 4.98 Å². The fourth-order valence-electron chi connectivity index (χ4n) is 4.20. The first-order valence-electron chi connectivity index (χ1n) is 10.2. The first-order valence-corrected chi connectivity index (χ1v) is 12.9. The second-order valence-corrected chi connectivity index (χ2v) is 11.8. The first kappa shape index (κ1) is 21.4. The summed E-state index contributed by atoms with van der Waals surface area (Å²) in [6.45, 7) is 8.35. The Balaban J connectivity index is 1.86. The van der Waals surface area contributed by atoms with Crippen molar-refractivity contribution in [2.45, 2.75) is 59.2 Å². The zero-order valence-electron chi connectivity index (χ0n) is 18.3. The summed E-state index contributed by atoms with van der Waals surface area (Å²) in [5, 5.41) is 0.952. The number of rotatable bonds is 6. The van der Waals surface area contributed by atoms with Crippen molar-refractivity contribution in [3.8, 4) is 10.6 Å². The number of hydrogen-bond acceptors (Lipinski definition) is 6. The van der Waals surface area contributed by atoms with E-state index in [0.29, 0.717) is 23.7 Å². The molecular weight excluding hydrogens is 420 g/mol. The average molecular weight is 449 g/mol. The number of carbonyl (C=O) groups is 1. The summed E-state index contributed by atoms with van der Waals surface area (Å²) >= 11 is 1.57. The highest BCUT2D eigenvalue weighted by molar-refractivity contribution is 7.88. The molecule has 1 unspecified atom stereocenters. The number of fused-ring (bicyclic) bond motifs is 1. The van der Waals surface area contributed by atoms with Gasteiger partial charge >= 0.3 is 0 Å². The largest absolute Gasteiger partial charge is 0.331 e. The first-order chi connectivity index (χ1) is 14.0. The highest BCUT2D eigenvalue weighted by atomic mass is 32.2. The molecule has 1 aliphatic heterocycles. The number of aryl methyl sites for hydroxylation is 2. The van der Waals surface area contributed by atoms with E-state index in [1.165, 1.54) is 17.6 Å². The molecule has 2 atom stereocenters. The Kier molecular flexibility index (Phi) is 5.27. The molecule has 9 heteroatoms. The average Bonchev–Trinajstić information content (AvgIpc) is 3.39. The van der Waals surface area contributed by atoms with Gasteiger partial charge < -0.3 is 4.90 Å². The van der Waals surface area contributed by atoms with Gasteiger partial charge in [0.2, 0.25) is 10.0 Å². The van der Waals surface area contributed by atoms with Crippen LogP contribution in [0.15, 0.2) is 6.07 Å². The van der Waals surface area contributed by atoms with Crippen molar-refractivity contribution in [3.05, 3.63) is 33.6 Å². The molecule has 4 rings (SSSR count). The molecule has 2 aliphatic rings. The van der Waals surface area contributed by atoms with Crippen LogP contribution < -0.4 is 0 Å². The van der Waals surface area contributed by atoms with Gasteiger partial charge in [-0.2, -0.15) is 4.31 Å². The number of thiazole rings is 1. The summed E-state index contributed by atoms with van der Waals surface area (Å²) in [6.07, 6.45) is 3.49. The maximum Gasteiger partial charge on any atom is 0.256 e. The minimum Gasteiger partial charge on any atom is -0.331 e. The summed E-state index contributed by atoms with van der Waals surface area (Å²) in [5.74, 6) is 0.519. The molecule has 1 amide bonds. The summed E-state index contributed by atoms with van der Waals surface area (Å²) in [6, 6.07) is 1.61. The van der Waals surface area contributed by atoms with E-state index >= 15 is 0 Å². The van der Waals surface area contributed by atoms with E-state index in [-0.39, 0.29) is 11.9 Å². The summed E-state index contributed by atoms with van der Waals surface area (Å²) < 4.78 is 25.7. The van der Waals surface area contributed by atoms with Crippen LogP contribution in [0, 0.1) is 19.8 Å². The molecule has 0 spiro atoms. The lowest BCUT2D eigenvalue weighted by molar-refractivity contribution is 0.0695. The molecule has 3 heterocycles. The molecule has 0 bridgehead atoms. The van der Waals surface area contributed by atoms with Crippen LogP contribution in [-0.4, -0.2) is 52.8 Å². The van der Waals surface area contributed by atoms with E-state index in [0.717, 1.165) is 39.7 Å². The second kappa shape index (κ2) is 7.39. The summed E-state index contributed by atoms with van der Waals surface area (Å²) in [7, 11) is -1.91. The molecule has 0 radical (unpaired) electrons. The molecule has 30 heavy (non-hydrogen) atoms. The van der Waals surface area contributed by atoms with Crippen molar-refractivity contribution < 1.29 is 13.2 Å². The van der Waals surface area contributed by atoms with Crippen molar-refractivity contribution in [2.75, 3.05) is 13.3 Å². The third-order valence-electron chi connectivity index (χ3n) is 6.34. The number of sulfonamides is 1. The normalized spacial score (nSPS) is 18.8. The van der Waals surface area contributed by atoms with Crippen LogP contribution in [-0.2, 0) is 16.6 Å². The van der Waals surface area contributed by atoms with Gasteiger partial charge in [-0.25, -0.2) is 18.4 Å². The number of nitrogens with zero attached hydrogens (tertiary/aromatic N) is 4. The molecule has 0 aromatic carbocycles. The van der Waals surface area contributed by atoms with Crippen LogP contribution in [0.1, 0.15) is 65.0 Å². The van der Waals surface area contributed by atoms with Crippen LogP contribution in [0.3, 0.4) is 0 Å². The van der Waals surface area contributed by atoms with Gasteiger partial charge in [0.05, 0.1) is 44.8 Å². The van der Waals surface area contributed by atoms with Gasteiger partial charge in [0, 0.05) is 19.6 Å². The standard InChI is InChI=1S/C21H28N4O3S2/c1-11-20(29-14(4)22-11)17-9-16-10-25(12(2)15-7-8-15)21(26)18(16)19(23-17)13(3)24(5)30(6,27)28/h9,12-13,15H,7-8,10H2,1-6H3/t12-,13?/m0/s1. The third kappa shape index (κ3) is 3.67. The second-order valence-electron chi connectivity index (χ2n) is 8.54. The molecule has 2 aromatic rings. The lowest BCUT2D eigenvalue weighted by Crippen LogP contribution is -2.35. The Hall–Kier alpha value is -1.84. The van der Waals surface area contributed by atoms with E-state index in [1.807, 2.05) is 24.8 Å². The molecular formula is C21H28N4O3S2. The topological polar surface area (TPSA) is 83.5 Å². The Morgan fingerprint density at radius 3 is 2.43 bits per heavy atom. The van der Waals surface area contributed by atoms with E-state index in [1.54, 1.807) is 18.3 Å². The molecule has 2 aromatic heterocycles. The Morgan fingerprint density at radius 2 is 1.90 bits per heavy atom. The number of aromatic nitrogens is 2. The van der Waals surface area contributed by atoms with Crippen LogP contribution in [0.25, 0.3) is 10.6 Å². The monoisotopic (exact) mass is 448 g/mol. The molecule has 1 saturated carbocycles. The Bertz CT molecular complexity index is 1120. The highest BCUT2D eigenvalue weighted by Crippen LogP contribution is 2.41. The number of carbonyl (C=O) groups excluding carboxylic acids is 1. The van der Waals surface area contributed by atoms with E-state index < -0.39 is 16.1 Å². The van der Waals surface area contributed by atoms with Crippen LogP contribution in [0.2, 0.25) is 0 Å². The molecule has 162 valence electrons. The minimum absolute atomic E-state index is 0.0376. The van der Waals surface area contributed by atoms with Crippen LogP contribution >= 0.6 is 11.3 Å². The van der Waals surface area contributed by atoms with Crippen molar-refractivity contribution in [3.63, 3.8) is 0 Å². The van der Waals surface area contributed by atoms with Crippen molar-refractivity contribution >= 4 is 27.3 Å². The lowest BCUT2D eigenvalue weighted by atomic mass is 10.0. The van der Waals surface area contributed by atoms with Gasteiger partial charge in [-0.3, -0.25) is 4.79 Å². The maximum atomic E-state index is 13.4. The predicted octanol–water partition coefficient (Wildman–Crippen LogP) is 3.53. The van der Waals surface area contributed by atoms with Crippen molar-refractivity contribution in [2.24, 2.45) is 5.92 Å². The third-order valence-corrected chi connectivity index (χ3v) is 8.80. The molecule has 1 fully saturated rings. The van der Waals surface area contributed by atoms with Crippen LogP contribution in [0.4, 0.5) is 0 Å². The van der Waals surface area contributed by atoms with Gasteiger partial charge in [-0.05, 0) is 58.1 Å². The fraction of sp³-hybridized carbons (Fsp3) is 0.571. The molecule has 7 nitrogen and oxygen atoms in total. The number of hydrogen-bond donors (Lipinski definition) is 0. The number of amides is 1. The summed E-state index contributed by atoms with van der Waals surface area (Å²) in [4.78, 5) is 25.6. The highest BCUT2D eigenvalue weighted by Gasteiger charge is 2.41. The van der Waals surface area contributed by atoms with Gasteiger partial charge in [0.25, 0.3) is 5.91 Å². The van der Waals surface area contributed by atoms with E-state index in [2.05, 4.69) is 11.9 Å². The van der Waals surface area contributed by atoms with Gasteiger partial charge in [-0.15, -0.1) is 11.3 Å².